The summed E-state index contributed by atoms with van der Waals surface area (Å²) in [6.07, 6.45) is 2.97. The van der Waals surface area contributed by atoms with Gasteiger partial charge in [0.05, 0.1) is 17.7 Å². The fourth-order valence-electron chi connectivity index (χ4n) is 4.45. The maximum Gasteiger partial charge on any atom is 0.414 e. The van der Waals surface area contributed by atoms with Crippen LogP contribution in [0.3, 0.4) is 0 Å². The average Bonchev–Trinajstić information content (AvgIpc) is 2.80. The number of cyclic esters (lactones) is 1. The number of piperidine rings is 1. The molecule has 3 aromatic rings. The molecule has 0 radical (unpaired) electrons. The first-order chi connectivity index (χ1) is 15.6. The molecule has 0 saturated carbocycles. The zero-order valence-electron chi connectivity index (χ0n) is 17.5. The van der Waals surface area contributed by atoms with Crippen LogP contribution in [0.5, 0.6) is 0 Å². The topological polar surface area (TPSA) is 74.8 Å². The van der Waals surface area contributed by atoms with Crippen molar-refractivity contribution in [2.45, 2.75) is 25.5 Å². The van der Waals surface area contributed by atoms with Crippen molar-refractivity contribution in [3.63, 3.8) is 0 Å². The average molecular weight is 451 g/mol. The van der Waals surface area contributed by atoms with Gasteiger partial charge in [-0.3, -0.25) is 19.6 Å². The van der Waals surface area contributed by atoms with Gasteiger partial charge in [0, 0.05) is 47.0 Å². The van der Waals surface area contributed by atoms with Crippen molar-refractivity contribution in [2.75, 3.05) is 29.9 Å². The van der Waals surface area contributed by atoms with Gasteiger partial charge in [-0.05, 0) is 55.3 Å². The number of ether oxygens (including phenoxy) is 1. The molecule has 8 heteroatoms. The number of nitrogens with one attached hydrogen (secondary N) is 1. The summed E-state index contributed by atoms with van der Waals surface area (Å²) in [7, 11) is 0. The van der Waals surface area contributed by atoms with E-state index >= 15 is 0 Å². The smallest absolute Gasteiger partial charge is 0.414 e. The second-order valence-corrected chi connectivity index (χ2v) is 8.60. The van der Waals surface area contributed by atoms with Crippen molar-refractivity contribution < 1.29 is 14.3 Å². The van der Waals surface area contributed by atoms with Crippen molar-refractivity contribution >= 4 is 45.9 Å². The van der Waals surface area contributed by atoms with Gasteiger partial charge >= 0.3 is 6.09 Å². The Balaban J connectivity index is 1.19. The first kappa shape index (κ1) is 20.7. The van der Waals surface area contributed by atoms with Gasteiger partial charge in [-0.1, -0.05) is 17.7 Å². The molecule has 1 N–H and O–H groups in total. The zero-order valence-corrected chi connectivity index (χ0v) is 18.2. The second-order valence-electron chi connectivity index (χ2n) is 8.16. The van der Waals surface area contributed by atoms with E-state index in [1.807, 2.05) is 42.5 Å². The Morgan fingerprint density at radius 1 is 1.16 bits per heavy atom. The Labute approximate surface area is 190 Å². The minimum atomic E-state index is -0.318. The number of rotatable bonds is 4. The van der Waals surface area contributed by atoms with Crippen molar-refractivity contribution in [3.05, 3.63) is 65.3 Å². The number of aromatic nitrogens is 1. The van der Waals surface area contributed by atoms with Crippen LogP contribution in [0.1, 0.15) is 18.4 Å². The van der Waals surface area contributed by atoms with Crippen LogP contribution in [0.25, 0.3) is 10.9 Å². The summed E-state index contributed by atoms with van der Waals surface area (Å²) in [5.41, 5.74) is 3.45. The monoisotopic (exact) mass is 450 g/mol. The summed E-state index contributed by atoms with van der Waals surface area (Å²) >= 11 is 6.09. The summed E-state index contributed by atoms with van der Waals surface area (Å²) < 4.78 is 5.36. The number of nitrogens with zero attached hydrogens (tertiary/aromatic N) is 3. The van der Waals surface area contributed by atoms with Crippen LogP contribution in [-0.4, -0.2) is 47.6 Å². The first-order valence-electron chi connectivity index (χ1n) is 10.7. The highest BCUT2D eigenvalue weighted by Gasteiger charge is 2.34. The number of likely N-dealkylation sites (tertiary alicyclic amines) is 1. The highest BCUT2D eigenvalue weighted by molar-refractivity contribution is 6.30. The number of hydrogen-bond acceptors (Lipinski definition) is 5. The lowest BCUT2D eigenvalue weighted by Crippen LogP contribution is -2.50. The number of benzene rings is 2. The summed E-state index contributed by atoms with van der Waals surface area (Å²) in [6, 6.07) is 15.1. The summed E-state index contributed by atoms with van der Waals surface area (Å²) in [4.78, 5) is 33.2. The van der Waals surface area contributed by atoms with Crippen LogP contribution in [0.2, 0.25) is 5.02 Å². The van der Waals surface area contributed by atoms with Crippen LogP contribution in [0.4, 0.5) is 16.2 Å². The molecule has 1 fully saturated rings. The van der Waals surface area contributed by atoms with E-state index in [9.17, 15) is 9.59 Å². The first-order valence-corrected chi connectivity index (χ1v) is 11.1. The Hall–Kier alpha value is -3.16. The van der Waals surface area contributed by atoms with Gasteiger partial charge in [0.15, 0.2) is 0 Å². The number of carbonyl (C=O) groups excluding carboxylic acids is 2. The highest BCUT2D eigenvalue weighted by atomic mass is 35.5. The van der Waals surface area contributed by atoms with Crippen LogP contribution < -0.4 is 10.2 Å². The Morgan fingerprint density at radius 3 is 2.84 bits per heavy atom. The van der Waals surface area contributed by atoms with E-state index in [-0.39, 0.29) is 24.6 Å². The van der Waals surface area contributed by atoms with Crippen molar-refractivity contribution in [3.8, 4) is 0 Å². The quantitative estimate of drug-likeness (QED) is 0.635. The van der Waals surface area contributed by atoms with Gasteiger partial charge in [-0.15, -0.1) is 0 Å². The minimum Gasteiger partial charge on any atom is -0.444 e. The molecule has 2 aromatic carbocycles. The molecule has 5 rings (SSSR count). The third-order valence-corrected chi connectivity index (χ3v) is 6.26. The Kier molecular flexibility index (Phi) is 5.68. The van der Waals surface area contributed by atoms with Gasteiger partial charge < -0.3 is 10.1 Å². The van der Waals surface area contributed by atoms with E-state index in [0.29, 0.717) is 11.6 Å². The van der Waals surface area contributed by atoms with E-state index in [2.05, 4.69) is 15.2 Å². The number of fused-ring (bicyclic) bond motifs is 2. The molecule has 3 heterocycles. The lowest BCUT2D eigenvalue weighted by Gasteiger charge is -2.40. The van der Waals surface area contributed by atoms with Crippen LogP contribution in [0, 0.1) is 0 Å². The Morgan fingerprint density at radius 2 is 2.00 bits per heavy atom. The van der Waals surface area contributed by atoms with Gasteiger partial charge in [-0.2, -0.15) is 0 Å². The van der Waals surface area contributed by atoms with E-state index in [0.717, 1.165) is 53.8 Å². The third kappa shape index (κ3) is 4.26. The predicted molar refractivity (Wildman–Crippen MR) is 124 cm³/mol. The highest BCUT2D eigenvalue weighted by Crippen LogP contribution is 2.33. The number of pyridine rings is 1. The zero-order chi connectivity index (χ0) is 22.1. The number of amides is 2. The fourth-order valence-corrected chi connectivity index (χ4v) is 4.65. The number of anilines is 2. The molecule has 0 bridgehead atoms. The molecular formula is C24H23ClN4O3. The lowest BCUT2D eigenvalue weighted by molar-refractivity contribution is -0.117. The largest absolute Gasteiger partial charge is 0.444 e. The van der Waals surface area contributed by atoms with Crippen molar-refractivity contribution in [1.82, 2.24) is 9.88 Å². The molecule has 164 valence electrons. The molecule has 0 spiro atoms. The second kappa shape index (κ2) is 8.76. The van der Waals surface area contributed by atoms with Gasteiger partial charge in [0.25, 0.3) is 0 Å². The summed E-state index contributed by atoms with van der Waals surface area (Å²) in [6.45, 7) is 2.02. The molecule has 32 heavy (non-hydrogen) atoms. The maximum absolute atomic E-state index is 12.6. The van der Waals surface area contributed by atoms with Gasteiger partial charge in [-0.25, -0.2) is 4.79 Å². The van der Waals surface area contributed by atoms with E-state index in [4.69, 9.17) is 16.3 Å². The van der Waals surface area contributed by atoms with Gasteiger partial charge in [0.1, 0.15) is 6.61 Å². The lowest BCUT2D eigenvalue weighted by atomic mass is 10.0. The molecule has 2 amide bonds. The van der Waals surface area contributed by atoms with E-state index in [1.165, 1.54) is 0 Å². The SMILES string of the molecule is O=C(CN1CCC(N2C(=O)OCc3cc(Cl)ccc32)CC1)Nc1ccc2ncccc2c1. The Bertz CT molecular complexity index is 1180. The molecule has 1 aromatic heterocycles. The van der Waals surface area contributed by atoms with Crippen molar-refractivity contribution in [1.29, 1.82) is 0 Å². The molecule has 0 unspecified atom stereocenters. The molecule has 0 aliphatic carbocycles. The van der Waals surface area contributed by atoms with E-state index < -0.39 is 0 Å². The third-order valence-electron chi connectivity index (χ3n) is 6.03. The number of halogens is 1. The molecule has 2 aliphatic rings. The van der Waals surface area contributed by atoms with Crippen LogP contribution in [0.15, 0.2) is 54.7 Å². The molecule has 7 nitrogen and oxygen atoms in total. The number of hydrogen-bond donors (Lipinski definition) is 1. The fraction of sp³-hybridized carbons (Fsp3) is 0.292. The summed E-state index contributed by atoms with van der Waals surface area (Å²) in [5.74, 6) is -0.0518. The molecular weight excluding hydrogens is 428 g/mol. The van der Waals surface area contributed by atoms with Crippen LogP contribution >= 0.6 is 11.6 Å². The summed E-state index contributed by atoms with van der Waals surface area (Å²) in [5, 5.41) is 4.59. The molecule has 1 saturated heterocycles. The van der Waals surface area contributed by atoms with Gasteiger partial charge in [0.2, 0.25) is 5.91 Å². The standard InChI is InChI=1S/C24H23ClN4O3/c25-18-3-6-22-17(12-18)15-32-24(31)29(22)20-7-10-28(11-8-20)14-23(30)27-19-4-5-21-16(13-19)2-1-9-26-21/h1-6,9,12-13,20H,7-8,10-11,14-15H2,(H,27,30). The predicted octanol–water partition coefficient (Wildman–Crippen LogP) is 4.45. The van der Waals surface area contributed by atoms with Crippen molar-refractivity contribution in [2.24, 2.45) is 0 Å². The molecule has 2 aliphatic heterocycles. The molecule has 0 atom stereocenters. The number of carbonyl (C=O) groups is 2. The minimum absolute atomic E-state index is 0.0371. The van der Waals surface area contributed by atoms with E-state index in [1.54, 1.807) is 17.2 Å². The maximum atomic E-state index is 12.6. The van der Waals surface area contributed by atoms with Crippen LogP contribution in [-0.2, 0) is 16.1 Å². The normalized spacial score (nSPS) is 17.2.